The van der Waals surface area contributed by atoms with Crippen molar-refractivity contribution in [1.29, 1.82) is 5.26 Å². The average Bonchev–Trinajstić information content (AvgIpc) is 2.84. The molecule has 0 radical (unpaired) electrons. The summed E-state index contributed by atoms with van der Waals surface area (Å²) in [6.45, 7) is 2.15. The molecule has 3 unspecified atom stereocenters. The topological polar surface area (TPSA) is 44.0 Å². The number of aliphatic hydroxyl groups excluding tert-OH is 1. The van der Waals surface area contributed by atoms with Crippen molar-refractivity contribution in [2.45, 2.75) is 32.3 Å². The van der Waals surface area contributed by atoms with Crippen molar-refractivity contribution in [3.63, 3.8) is 0 Å². The van der Waals surface area contributed by atoms with Gasteiger partial charge < -0.3 is 5.11 Å². The Morgan fingerprint density at radius 1 is 1.75 bits per heavy atom. The van der Waals surface area contributed by atoms with Crippen LogP contribution in [0.1, 0.15) is 37.2 Å². The molecule has 0 aliphatic heterocycles. The summed E-state index contributed by atoms with van der Waals surface area (Å²) in [5, 5.41) is 21.7. The first-order valence-corrected chi connectivity index (χ1v) is 7.08. The van der Waals surface area contributed by atoms with E-state index in [4.69, 9.17) is 0 Å². The highest BCUT2D eigenvalue weighted by molar-refractivity contribution is 9.10. The molecule has 0 spiro atoms. The van der Waals surface area contributed by atoms with Gasteiger partial charge >= 0.3 is 0 Å². The molecule has 1 fully saturated rings. The number of hydrogen-bond donors (Lipinski definition) is 1. The first kappa shape index (κ1) is 12.1. The lowest BCUT2D eigenvalue weighted by atomic mass is 9.80. The third-order valence-corrected chi connectivity index (χ3v) is 5.36. The van der Waals surface area contributed by atoms with E-state index in [0.29, 0.717) is 5.92 Å². The summed E-state index contributed by atoms with van der Waals surface area (Å²) in [5.41, 5.74) is -0.577. The Balaban J connectivity index is 2.30. The molecule has 2 rings (SSSR count). The lowest BCUT2D eigenvalue weighted by Crippen LogP contribution is -2.24. The molecule has 1 saturated carbocycles. The Labute approximate surface area is 108 Å². The first-order valence-electron chi connectivity index (χ1n) is 5.41. The van der Waals surface area contributed by atoms with Gasteiger partial charge in [0.2, 0.25) is 0 Å². The number of nitriles is 1. The molecule has 86 valence electrons. The number of thiophene rings is 1. The van der Waals surface area contributed by atoms with Crippen molar-refractivity contribution in [1.82, 2.24) is 0 Å². The molecule has 0 aromatic carbocycles. The average molecular weight is 300 g/mol. The SMILES string of the molecule is CC1CCC(C#N)(C(O)c2sccc2Br)C1. The van der Waals surface area contributed by atoms with Gasteiger partial charge in [0, 0.05) is 9.35 Å². The molecule has 3 atom stereocenters. The molecule has 1 aromatic rings. The van der Waals surface area contributed by atoms with Crippen LogP contribution in [0, 0.1) is 22.7 Å². The van der Waals surface area contributed by atoms with E-state index in [2.05, 4.69) is 28.9 Å². The van der Waals surface area contributed by atoms with Crippen LogP contribution in [0.2, 0.25) is 0 Å². The van der Waals surface area contributed by atoms with E-state index >= 15 is 0 Å². The fourth-order valence-corrected chi connectivity index (χ4v) is 4.18. The number of hydrogen-bond acceptors (Lipinski definition) is 3. The zero-order chi connectivity index (χ0) is 11.8. The molecule has 16 heavy (non-hydrogen) atoms. The third-order valence-electron chi connectivity index (χ3n) is 3.44. The molecule has 1 N–H and O–H groups in total. The van der Waals surface area contributed by atoms with E-state index in [0.717, 1.165) is 28.6 Å². The number of rotatable bonds is 2. The molecule has 1 heterocycles. The Morgan fingerprint density at radius 3 is 2.94 bits per heavy atom. The molecule has 4 heteroatoms. The van der Waals surface area contributed by atoms with Crippen molar-refractivity contribution in [2.24, 2.45) is 11.3 Å². The molecule has 2 nitrogen and oxygen atoms in total. The fourth-order valence-electron chi connectivity index (χ4n) is 2.49. The maximum absolute atomic E-state index is 10.4. The van der Waals surface area contributed by atoms with Crippen molar-refractivity contribution in [3.05, 3.63) is 20.8 Å². The van der Waals surface area contributed by atoms with Crippen molar-refractivity contribution in [3.8, 4) is 6.07 Å². The van der Waals surface area contributed by atoms with E-state index in [1.165, 1.54) is 11.3 Å². The monoisotopic (exact) mass is 299 g/mol. The minimum atomic E-state index is -0.656. The lowest BCUT2D eigenvalue weighted by Gasteiger charge is -2.26. The van der Waals surface area contributed by atoms with Crippen LogP contribution in [0.5, 0.6) is 0 Å². The van der Waals surface area contributed by atoms with Crippen LogP contribution >= 0.6 is 27.3 Å². The Hall–Kier alpha value is -0.370. The van der Waals surface area contributed by atoms with Crippen molar-refractivity contribution < 1.29 is 5.11 Å². The Bertz CT molecular complexity index is 425. The second-order valence-corrected chi connectivity index (χ2v) is 6.45. The quantitative estimate of drug-likeness (QED) is 0.901. The van der Waals surface area contributed by atoms with Crippen LogP contribution in [0.3, 0.4) is 0 Å². The zero-order valence-electron chi connectivity index (χ0n) is 9.11. The van der Waals surface area contributed by atoms with Gasteiger partial charge in [-0.05, 0) is 52.6 Å². The van der Waals surface area contributed by atoms with Crippen molar-refractivity contribution in [2.75, 3.05) is 0 Å². The van der Waals surface area contributed by atoms with Gasteiger partial charge in [-0.15, -0.1) is 11.3 Å². The molecule has 1 aliphatic rings. The predicted octanol–water partition coefficient (Wildman–Crippen LogP) is 3.87. The third kappa shape index (κ3) is 1.92. The molecule has 1 aliphatic carbocycles. The van der Waals surface area contributed by atoms with Gasteiger partial charge in [0.05, 0.1) is 11.5 Å². The van der Waals surface area contributed by atoms with Gasteiger partial charge in [0.1, 0.15) is 6.10 Å². The summed E-state index contributed by atoms with van der Waals surface area (Å²) < 4.78 is 0.916. The number of aliphatic hydroxyl groups is 1. The van der Waals surface area contributed by atoms with Gasteiger partial charge in [0.15, 0.2) is 0 Å². The molecule has 0 bridgehead atoms. The highest BCUT2D eigenvalue weighted by Gasteiger charge is 2.45. The van der Waals surface area contributed by atoms with Gasteiger partial charge in [-0.3, -0.25) is 0 Å². The zero-order valence-corrected chi connectivity index (χ0v) is 11.5. The van der Waals surface area contributed by atoms with Crippen molar-refractivity contribution >= 4 is 27.3 Å². The van der Waals surface area contributed by atoms with Gasteiger partial charge in [-0.1, -0.05) is 6.92 Å². The molecule has 1 aromatic heterocycles. The van der Waals surface area contributed by atoms with E-state index in [9.17, 15) is 10.4 Å². The minimum Gasteiger partial charge on any atom is -0.386 e. The highest BCUT2D eigenvalue weighted by Crippen LogP contribution is 2.51. The summed E-state index contributed by atoms with van der Waals surface area (Å²) in [6, 6.07) is 4.28. The number of halogens is 1. The maximum Gasteiger partial charge on any atom is 0.108 e. The molecular formula is C12H14BrNOS. The first-order chi connectivity index (χ1) is 7.59. The Kier molecular flexibility index (Phi) is 3.39. The van der Waals surface area contributed by atoms with E-state index in [1.54, 1.807) is 0 Å². The van der Waals surface area contributed by atoms with E-state index < -0.39 is 11.5 Å². The van der Waals surface area contributed by atoms with E-state index in [-0.39, 0.29) is 0 Å². The smallest absolute Gasteiger partial charge is 0.108 e. The van der Waals surface area contributed by atoms with Crippen LogP contribution in [-0.2, 0) is 0 Å². The van der Waals surface area contributed by atoms with Gasteiger partial charge in [-0.25, -0.2) is 0 Å². The highest BCUT2D eigenvalue weighted by atomic mass is 79.9. The largest absolute Gasteiger partial charge is 0.386 e. The molecule has 0 saturated heterocycles. The van der Waals surface area contributed by atoms with Gasteiger partial charge in [-0.2, -0.15) is 5.26 Å². The van der Waals surface area contributed by atoms with Crippen LogP contribution in [0.25, 0.3) is 0 Å². The minimum absolute atomic E-state index is 0.535. The molecule has 0 amide bonds. The van der Waals surface area contributed by atoms with Crippen LogP contribution in [0.15, 0.2) is 15.9 Å². The molecular weight excluding hydrogens is 286 g/mol. The standard InChI is InChI=1S/C12H14BrNOS/c1-8-2-4-12(6-8,7-14)11(15)10-9(13)3-5-16-10/h3,5,8,11,15H,2,4,6H2,1H3. The summed E-state index contributed by atoms with van der Waals surface area (Å²) in [5.74, 6) is 0.535. The van der Waals surface area contributed by atoms with Crippen LogP contribution < -0.4 is 0 Å². The second-order valence-electron chi connectivity index (χ2n) is 4.65. The number of nitrogens with zero attached hydrogens (tertiary/aromatic N) is 1. The van der Waals surface area contributed by atoms with E-state index in [1.807, 2.05) is 11.4 Å². The second kappa shape index (κ2) is 4.48. The summed E-state index contributed by atoms with van der Waals surface area (Å²) in [6.07, 6.45) is 1.98. The summed E-state index contributed by atoms with van der Waals surface area (Å²) >= 11 is 4.94. The lowest BCUT2D eigenvalue weighted by molar-refractivity contribution is 0.0673. The fraction of sp³-hybridized carbons (Fsp3) is 0.583. The normalized spacial score (nSPS) is 31.2. The predicted molar refractivity (Wildman–Crippen MR) is 68.0 cm³/mol. The Morgan fingerprint density at radius 2 is 2.50 bits per heavy atom. The van der Waals surface area contributed by atoms with Crippen LogP contribution in [-0.4, -0.2) is 5.11 Å². The summed E-state index contributed by atoms with van der Waals surface area (Å²) in [4.78, 5) is 0.885. The maximum atomic E-state index is 10.4. The summed E-state index contributed by atoms with van der Waals surface area (Å²) in [7, 11) is 0. The van der Waals surface area contributed by atoms with Gasteiger partial charge in [0.25, 0.3) is 0 Å². The van der Waals surface area contributed by atoms with Crippen LogP contribution in [0.4, 0.5) is 0 Å².